The van der Waals surface area contributed by atoms with Crippen molar-refractivity contribution in [1.29, 1.82) is 0 Å². The zero-order valence-corrected chi connectivity index (χ0v) is 13.2. The standard InChI is InChI=1S/C13H20NO6P/c1-4-19-21(15,20-5-2)13(14)9-6-10(16-3)12-11(7-9)17-8-18-12/h6-7,13H,4-5,8,14H2,1-3H3/t13-/m1/s1. The van der Waals surface area contributed by atoms with E-state index in [0.717, 1.165) is 0 Å². The van der Waals surface area contributed by atoms with Crippen molar-refractivity contribution in [2.75, 3.05) is 27.1 Å². The lowest BCUT2D eigenvalue weighted by molar-refractivity contribution is 0.171. The average Bonchev–Trinajstić information content (AvgIpc) is 2.94. The second kappa shape index (κ2) is 6.66. The normalized spacial score (nSPS) is 15.0. The molecular weight excluding hydrogens is 297 g/mol. The van der Waals surface area contributed by atoms with Gasteiger partial charge in [0.25, 0.3) is 0 Å². The number of methoxy groups -OCH3 is 1. The number of benzene rings is 1. The Morgan fingerprint density at radius 1 is 1.29 bits per heavy atom. The molecular formula is C13H20NO6P. The van der Waals surface area contributed by atoms with E-state index >= 15 is 0 Å². The highest BCUT2D eigenvalue weighted by Crippen LogP contribution is 2.59. The van der Waals surface area contributed by atoms with Crippen molar-refractivity contribution in [2.45, 2.75) is 19.6 Å². The molecule has 1 aromatic carbocycles. The molecule has 8 heteroatoms. The van der Waals surface area contributed by atoms with Crippen molar-refractivity contribution in [1.82, 2.24) is 0 Å². The molecule has 0 saturated heterocycles. The first-order valence-corrected chi connectivity index (χ1v) is 8.28. The van der Waals surface area contributed by atoms with Gasteiger partial charge in [-0.2, -0.15) is 0 Å². The number of rotatable bonds is 7. The van der Waals surface area contributed by atoms with Crippen molar-refractivity contribution >= 4 is 7.60 Å². The minimum absolute atomic E-state index is 0.110. The van der Waals surface area contributed by atoms with E-state index in [2.05, 4.69) is 0 Å². The fraction of sp³-hybridized carbons (Fsp3) is 0.538. The summed E-state index contributed by atoms with van der Waals surface area (Å²) in [7, 11) is -1.95. The largest absolute Gasteiger partial charge is 0.493 e. The molecule has 7 nitrogen and oxygen atoms in total. The Bertz CT molecular complexity index is 540. The third-order valence-corrected chi connectivity index (χ3v) is 5.20. The lowest BCUT2D eigenvalue weighted by atomic mass is 10.2. The molecule has 1 aliphatic heterocycles. The highest BCUT2D eigenvalue weighted by atomic mass is 31.2. The zero-order chi connectivity index (χ0) is 15.5. The molecule has 0 amide bonds. The molecule has 0 radical (unpaired) electrons. The highest BCUT2D eigenvalue weighted by Gasteiger charge is 2.35. The molecule has 0 aliphatic carbocycles. The number of fused-ring (bicyclic) bond motifs is 1. The first-order valence-electron chi connectivity index (χ1n) is 6.67. The van der Waals surface area contributed by atoms with Crippen molar-refractivity contribution in [3.8, 4) is 17.2 Å². The van der Waals surface area contributed by atoms with Crippen LogP contribution in [0.4, 0.5) is 0 Å². The SMILES string of the molecule is CCOP(=O)(OCC)[C@@H](N)c1cc(OC)c2c(c1)OCO2. The van der Waals surface area contributed by atoms with Gasteiger partial charge in [0.15, 0.2) is 11.5 Å². The van der Waals surface area contributed by atoms with Gasteiger partial charge in [-0.3, -0.25) is 4.57 Å². The van der Waals surface area contributed by atoms with Gasteiger partial charge in [0.2, 0.25) is 12.5 Å². The highest BCUT2D eigenvalue weighted by molar-refractivity contribution is 7.54. The fourth-order valence-electron chi connectivity index (χ4n) is 2.06. The van der Waals surface area contributed by atoms with Crippen LogP contribution >= 0.6 is 7.60 Å². The number of hydrogen-bond acceptors (Lipinski definition) is 7. The maximum absolute atomic E-state index is 12.7. The van der Waals surface area contributed by atoms with Crippen LogP contribution in [0, 0.1) is 0 Å². The number of nitrogens with two attached hydrogens (primary N) is 1. The summed E-state index contributed by atoms with van der Waals surface area (Å²) in [5.74, 6) is 0.547. The third-order valence-electron chi connectivity index (χ3n) is 2.98. The molecule has 0 bridgehead atoms. The van der Waals surface area contributed by atoms with Gasteiger partial charge in [-0.05, 0) is 31.5 Å². The molecule has 1 atom stereocenters. The Hall–Kier alpha value is -1.27. The van der Waals surface area contributed by atoms with E-state index in [1.807, 2.05) is 0 Å². The summed E-state index contributed by atoms with van der Waals surface area (Å²) in [5, 5.41) is 0. The molecule has 118 valence electrons. The predicted molar refractivity (Wildman–Crippen MR) is 76.9 cm³/mol. The van der Waals surface area contributed by atoms with Crippen molar-refractivity contribution < 1.29 is 27.8 Å². The Morgan fingerprint density at radius 2 is 1.95 bits per heavy atom. The van der Waals surface area contributed by atoms with E-state index in [1.54, 1.807) is 26.0 Å². The van der Waals surface area contributed by atoms with Gasteiger partial charge in [-0.25, -0.2) is 0 Å². The molecule has 0 fully saturated rings. The van der Waals surface area contributed by atoms with Crippen molar-refractivity contribution in [2.24, 2.45) is 5.73 Å². The second-order valence-corrected chi connectivity index (χ2v) is 6.43. The lowest BCUT2D eigenvalue weighted by Gasteiger charge is -2.23. The van der Waals surface area contributed by atoms with Crippen molar-refractivity contribution in [3.63, 3.8) is 0 Å². The molecule has 21 heavy (non-hydrogen) atoms. The summed E-state index contributed by atoms with van der Waals surface area (Å²) in [6.07, 6.45) is 0. The summed E-state index contributed by atoms with van der Waals surface area (Å²) in [6, 6.07) is 3.32. The van der Waals surface area contributed by atoms with Crippen molar-refractivity contribution in [3.05, 3.63) is 17.7 Å². The average molecular weight is 317 g/mol. The van der Waals surface area contributed by atoms with Crippen LogP contribution in [0.2, 0.25) is 0 Å². The molecule has 1 aliphatic rings. The second-order valence-electron chi connectivity index (χ2n) is 4.28. The fourth-order valence-corrected chi connectivity index (χ4v) is 3.69. The quantitative estimate of drug-likeness (QED) is 0.773. The molecule has 0 saturated carbocycles. The maximum atomic E-state index is 12.7. The monoisotopic (exact) mass is 317 g/mol. The van der Waals surface area contributed by atoms with E-state index in [0.29, 0.717) is 22.8 Å². The number of hydrogen-bond donors (Lipinski definition) is 1. The smallest absolute Gasteiger partial charge is 0.351 e. The first-order chi connectivity index (χ1) is 10.1. The van der Waals surface area contributed by atoms with E-state index in [1.165, 1.54) is 7.11 Å². The summed E-state index contributed by atoms with van der Waals surface area (Å²) >= 11 is 0. The first kappa shape index (κ1) is 16.1. The van der Waals surface area contributed by atoms with Crippen LogP contribution in [0.25, 0.3) is 0 Å². The van der Waals surface area contributed by atoms with E-state index in [9.17, 15) is 4.57 Å². The Labute approximate surface area is 123 Å². The van der Waals surface area contributed by atoms with Gasteiger partial charge in [-0.1, -0.05) is 0 Å². The molecule has 2 rings (SSSR count). The van der Waals surface area contributed by atoms with Crippen LogP contribution in [0.3, 0.4) is 0 Å². The van der Waals surface area contributed by atoms with Crippen LogP contribution in [0.1, 0.15) is 25.2 Å². The van der Waals surface area contributed by atoms with E-state index in [-0.39, 0.29) is 20.0 Å². The number of ether oxygens (including phenoxy) is 3. The van der Waals surface area contributed by atoms with Gasteiger partial charge in [0.05, 0.1) is 20.3 Å². The summed E-state index contributed by atoms with van der Waals surface area (Å²) < 4.78 is 39.2. The summed E-state index contributed by atoms with van der Waals surface area (Å²) in [6.45, 7) is 4.07. The molecule has 1 aromatic rings. The zero-order valence-electron chi connectivity index (χ0n) is 12.3. The minimum Gasteiger partial charge on any atom is -0.493 e. The minimum atomic E-state index is -3.46. The van der Waals surface area contributed by atoms with Crippen LogP contribution in [0.15, 0.2) is 12.1 Å². The summed E-state index contributed by atoms with van der Waals surface area (Å²) in [4.78, 5) is 0. The molecule has 0 aromatic heterocycles. The molecule has 0 spiro atoms. The van der Waals surface area contributed by atoms with Gasteiger partial charge in [-0.15, -0.1) is 0 Å². The van der Waals surface area contributed by atoms with Crippen LogP contribution in [0.5, 0.6) is 17.2 Å². The van der Waals surface area contributed by atoms with Gasteiger partial charge >= 0.3 is 7.60 Å². The maximum Gasteiger partial charge on any atom is 0.351 e. The van der Waals surface area contributed by atoms with Crippen LogP contribution in [-0.4, -0.2) is 27.1 Å². The van der Waals surface area contributed by atoms with E-state index in [4.69, 9.17) is 29.0 Å². The molecule has 1 heterocycles. The molecule has 0 unspecified atom stereocenters. The van der Waals surface area contributed by atoms with Crippen LogP contribution < -0.4 is 19.9 Å². The Morgan fingerprint density at radius 3 is 2.52 bits per heavy atom. The van der Waals surface area contributed by atoms with Gasteiger partial charge in [0.1, 0.15) is 5.78 Å². The van der Waals surface area contributed by atoms with Gasteiger partial charge < -0.3 is 29.0 Å². The van der Waals surface area contributed by atoms with Crippen LogP contribution in [-0.2, 0) is 13.6 Å². The predicted octanol–water partition coefficient (Wildman–Crippen LogP) is 2.65. The Kier molecular flexibility index (Phi) is 5.11. The third kappa shape index (κ3) is 3.16. The Balaban J connectivity index is 2.38. The molecule has 2 N–H and O–H groups in total. The van der Waals surface area contributed by atoms with Gasteiger partial charge in [0, 0.05) is 0 Å². The van der Waals surface area contributed by atoms with E-state index < -0.39 is 13.4 Å². The lowest BCUT2D eigenvalue weighted by Crippen LogP contribution is -2.15. The topological polar surface area (TPSA) is 89.2 Å². The summed E-state index contributed by atoms with van der Waals surface area (Å²) in [5.41, 5.74) is 6.64.